The molecule has 2 heterocycles. The molecule has 6 heteroatoms. The molecule has 1 N–H and O–H groups in total. The quantitative estimate of drug-likeness (QED) is 0.668. The Morgan fingerprint density at radius 2 is 1.78 bits per heavy atom. The van der Waals surface area contributed by atoms with Crippen molar-refractivity contribution in [2.75, 3.05) is 6.79 Å². The Morgan fingerprint density at radius 1 is 1.04 bits per heavy atom. The number of benzene rings is 2. The zero-order chi connectivity index (χ0) is 15.8. The van der Waals surface area contributed by atoms with Crippen molar-refractivity contribution in [2.45, 2.75) is 0 Å². The SMILES string of the molecule is O=C1NC(=S)S/C1=C/c1ccc(-c2ccc3c(c2)OCO3)cc1. The van der Waals surface area contributed by atoms with Crippen LogP contribution in [0.4, 0.5) is 0 Å². The maximum Gasteiger partial charge on any atom is 0.263 e. The minimum Gasteiger partial charge on any atom is -0.454 e. The molecular formula is C17H11NO3S2. The van der Waals surface area contributed by atoms with Gasteiger partial charge in [0.05, 0.1) is 4.91 Å². The van der Waals surface area contributed by atoms with Gasteiger partial charge in [0.2, 0.25) is 6.79 Å². The van der Waals surface area contributed by atoms with E-state index in [-0.39, 0.29) is 12.7 Å². The summed E-state index contributed by atoms with van der Waals surface area (Å²) in [6.07, 6.45) is 1.84. The number of hydrogen-bond acceptors (Lipinski definition) is 5. The first-order valence-corrected chi connectivity index (χ1v) is 8.16. The fourth-order valence-electron chi connectivity index (χ4n) is 2.42. The molecule has 1 saturated heterocycles. The van der Waals surface area contributed by atoms with E-state index in [2.05, 4.69) is 5.32 Å². The van der Waals surface area contributed by atoms with E-state index >= 15 is 0 Å². The van der Waals surface area contributed by atoms with Crippen molar-refractivity contribution in [1.29, 1.82) is 0 Å². The molecule has 0 bridgehead atoms. The highest BCUT2D eigenvalue weighted by molar-refractivity contribution is 8.26. The van der Waals surface area contributed by atoms with E-state index in [0.29, 0.717) is 9.23 Å². The van der Waals surface area contributed by atoms with E-state index in [1.807, 2.05) is 48.5 Å². The smallest absolute Gasteiger partial charge is 0.263 e. The fraction of sp³-hybridized carbons (Fsp3) is 0.0588. The summed E-state index contributed by atoms with van der Waals surface area (Å²) in [6, 6.07) is 13.9. The number of amides is 1. The molecule has 0 aliphatic carbocycles. The second-order valence-electron chi connectivity index (χ2n) is 5.04. The molecule has 2 aromatic rings. The summed E-state index contributed by atoms with van der Waals surface area (Å²) >= 11 is 6.27. The Kier molecular flexibility index (Phi) is 3.55. The van der Waals surface area contributed by atoms with Gasteiger partial charge in [-0.05, 0) is 34.9 Å². The lowest BCUT2D eigenvalue weighted by atomic mass is 10.0. The van der Waals surface area contributed by atoms with Crippen molar-refractivity contribution in [3.63, 3.8) is 0 Å². The predicted octanol–water partition coefficient (Wildman–Crippen LogP) is 3.57. The van der Waals surface area contributed by atoms with Gasteiger partial charge >= 0.3 is 0 Å². The van der Waals surface area contributed by atoms with Crippen LogP contribution in [0.3, 0.4) is 0 Å². The molecule has 0 unspecified atom stereocenters. The molecule has 1 fully saturated rings. The van der Waals surface area contributed by atoms with E-state index in [4.69, 9.17) is 21.7 Å². The van der Waals surface area contributed by atoms with Crippen LogP contribution in [0, 0.1) is 0 Å². The molecule has 2 aliphatic heterocycles. The molecule has 0 atom stereocenters. The summed E-state index contributed by atoms with van der Waals surface area (Å²) in [5.41, 5.74) is 3.09. The third-order valence-electron chi connectivity index (χ3n) is 3.56. The van der Waals surface area contributed by atoms with Gasteiger partial charge < -0.3 is 14.8 Å². The number of thioether (sulfide) groups is 1. The molecule has 0 spiro atoms. The standard InChI is InChI=1S/C17H11NO3S2/c19-16-15(23-17(22)18-16)7-10-1-3-11(4-2-10)12-5-6-13-14(8-12)21-9-20-13/h1-8H,9H2,(H,18,19,22)/b15-7+. The van der Waals surface area contributed by atoms with Crippen LogP contribution in [0.15, 0.2) is 47.4 Å². The first-order valence-electron chi connectivity index (χ1n) is 6.94. The molecule has 2 aliphatic rings. The Labute approximate surface area is 142 Å². The highest BCUT2D eigenvalue weighted by atomic mass is 32.2. The van der Waals surface area contributed by atoms with Crippen LogP contribution in [0.1, 0.15) is 5.56 Å². The van der Waals surface area contributed by atoms with Crippen molar-refractivity contribution >= 4 is 40.3 Å². The van der Waals surface area contributed by atoms with E-state index in [1.54, 1.807) is 0 Å². The topological polar surface area (TPSA) is 47.6 Å². The van der Waals surface area contributed by atoms with Gasteiger partial charge in [0, 0.05) is 0 Å². The lowest BCUT2D eigenvalue weighted by molar-refractivity contribution is -0.115. The number of ether oxygens (including phenoxy) is 2. The third-order valence-corrected chi connectivity index (χ3v) is 4.72. The molecule has 0 aromatic heterocycles. The second-order valence-corrected chi connectivity index (χ2v) is 6.76. The van der Waals surface area contributed by atoms with E-state index in [1.165, 1.54) is 11.8 Å². The number of rotatable bonds is 2. The Morgan fingerprint density at radius 3 is 2.52 bits per heavy atom. The molecule has 4 nitrogen and oxygen atoms in total. The van der Waals surface area contributed by atoms with Gasteiger partial charge in [-0.25, -0.2) is 0 Å². The van der Waals surface area contributed by atoms with Gasteiger partial charge in [-0.3, -0.25) is 4.79 Å². The largest absolute Gasteiger partial charge is 0.454 e. The summed E-state index contributed by atoms with van der Waals surface area (Å²) in [5, 5.41) is 2.61. The van der Waals surface area contributed by atoms with Gasteiger partial charge in [-0.2, -0.15) is 0 Å². The first kappa shape index (κ1) is 14.3. The van der Waals surface area contributed by atoms with Crippen molar-refractivity contribution in [2.24, 2.45) is 0 Å². The van der Waals surface area contributed by atoms with Crippen LogP contribution in [-0.4, -0.2) is 17.0 Å². The lowest BCUT2D eigenvalue weighted by Gasteiger charge is -2.04. The summed E-state index contributed by atoms with van der Waals surface area (Å²) in [6.45, 7) is 0.271. The van der Waals surface area contributed by atoms with Gasteiger partial charge in [0.15, 0.2) is 11.5 Å². The third kappa shape index (κ3) is 2.83. The van der Waals surface area contributed by atoms with E-state index < -0.39 is 0 Å². The van der Waals surface area contributed by atoms with Gasteiger partial charge in [0.1, 0.15) is 4.32 Å². The average Bonchev–Trinajstić information content (AvgIpc) is 3.13. The number of carbonyl (C=O) groups is 1. The van der Waals surface area contributed by atoms with Crippen molar-refractivity contribution in [3.8, 4) is 22.6 Å². The number of nitrogens with one attached hydrogen (secondary N) is 1. The average molecular weight is 341 g/mol. The van der Waals surface area contributed by atoms with Crippen LogP contribution in [0.5, 0.6) is 11.5 Å². The van der Waals surface area contributed by atoms with E-state index in [9.17, 15) is 4.79 Å². The molecule has 2 aromatic carbocycles. The molecule has 0 radical (unpaired) electrons. The van der Waals surface area contributed by atoms with Crippen molar-refractivity contribution < 1.29 is 14.3 Å². The monoisotopic (exact) mass is 341 g/mol. The zero-order valence-electron chi connectivity index (χ0n) is 11.9. The van der Waals surface area contributed by atoms with Crippen LogP contribution >= 0.6 is 24.0 Å². The van der Waals surface area contributed by atoms with Gasteiger partial charge in [-0.15, -0.1) is 0 Å². The maximum absolute atomic E-state index is 11.7. The Bertz CT molecular complexity index is 843. The minimum atomic E-state index is -0.139. The first-order chi connectivity index (χ1) is 11.2. The molecule has 1 amide bonds. The van der Waals surface area contributed by atoms with Crippen molar-refractivity contribution in [1.82, 2.24) is 5.32 Å². The minimum absolute atomic E-state index is 0.139. The van der Waals surface area contributed by atoms with Crippen LogP contribution in [0.2, 0.25) is 0 Å². The molecule has 0 saturated carbocycles. The highest BCUT2D eigenvalue weighted by Crippen LogP contribution is 2.36. The summed E-state index contributed by atoms with van der Waals surface area (Å²) in [4.78, 5) is 12.3. The number of hydrogen-bond donors (Lipinski definition) is 1. The van der Waals surface area contributed by atoms with Crippen molar-refractivity contribution in [3.05, 3.63) is 52.9 Å². The normalized spacial score (nSPS) is 17.7. The molecular weight excluding hydrogens is 330 g/mol. The summed E-state index contributed by atoms with van der Waals surface area (Å²) < 4.78 is 11.2. The summed E-state index contributed by atoms with van der Waals surface area (Å²) in [7, 11) is 0. The second kappa shape index (κ2) is 5.72. The molecule has 23 heavy (non-hydrogen) atoms. The van der Waals surface area contributed by atoms with E-state index in [0.717, 1.165) is 28.2 Å². The zero-order valence-corrected chi connectivity index (χ0v) is 13.5. The number of carbonyl (C=O) groups excluding carboxylic acids is 1. The highest BCUT2D eigenvalue weighted by Gasteiger charge is 2.21. The van der Waals surface area contributed by atoms with Crippen LogP contribution in [-0.2, 0) is 4.79 Å². The molecule has 114 valence electrons. The van der Waals surface area contributed by atoms with Crippen LogP contribution in [0.25, 0.3) is 17.2 Å². The van der Waals surface area contributed by atoms with Crippen LogP contribution < -0.4 is 14.8 Å². The van der Waals surface area contributed by atoms with Gasteiger partial charge in [-0.1, -0.05) is 54.3 Å². The summed E-state index contributed by atoms with van der Waals surface area (Å²) in [5.74, 6) is 1.40. The number of fused-ring (bicyclic) bond motifs is 1. The Balaban J connectivity index is 1.60. The fourth-order valence-corrected chi connectivity index (χ4v) is 3.46. The number of thiocarbonyl (C=S) groups is 1. The molecule has 4 rings (SSSR count). The van der Waals surface area contributed by atoms with Gasteiger partial charge in [0.25, 0.3) is 5.91 Å². The lowest BCUT2D eigenvalue weighted by Crippen LogP contribution is -2.17. The maximum atomic E-state index is 11.7. The Hall–Kier alpha value is -2.31. The predicted molar refractivity (Wildman–Crippen MR) is 94.3 cm³/mol.